The molecule has 1 aliphatic heterocycles. The Kier molecular flexibility index (Phi) is 3.70. The first-order valence-corrected chi connectivity index (χ1v) is 8.41. The van der Waals surface area contributed by atoms with Gasteiger partial charge in [0.2, 0.25) is 0 Å². The summed E-state index contributed by atoms with van der Waals surface area (Å²) in [6, 6.07) is 6.26. The highest BCUT2D eigenvalue weighted by Crippen LogP contribution is 2.27. The first kappa shape index (κ1) is 13.6. The van der Waals surface area contributed by atoms with E-state index in [-0.39, 0.29) is 0 Å². The molecule has 0 bridgehead atoms. The number of aromatic amines is 1. The van der Waals surface area contributed by atoms with Crippen LogP contribution in [0.25, 0.3) is 11.0 Å². The second kappa shape index (κ2) is 5.99. The van der Waals surface area contributed by atoms with Crippen molar-refractivity contribution in [2.24, 2.45) is 10.9 Å². The quantitative estimate of drug-likeness (QED) is 0.816. The van der Waals surface area contributed by atoms with E-state index in [1.54, 1.807) is 0 Å². The zero-order valence-corrected chi connectivity index (χ0v) is 12.9. The number of guanidine groups is 1. The van der Waals surface area contributed by atoms with Gasteiger partial charge < -0.3 is 15.6 Å². The van der Waals surface area contributed by atoms with Crippen molar-refractivity contribution < 1.29 is 0 Å². The summed E-state index contributed by atoms with van der Waals surface area (Å²) in [7, 11) is 0. The zero-order chi connectivity index (χ0) is 14.8. The molecular formula is C17H23N5. The average molecular weight is 297 g/mol. The van der Waals surface area contributed by atoms with Crippen molar-refractivity contribution in [3.05, 3.63) is 24.0 Å². The molecular weight excluding hydrogens is 274 g/mol. The predicted octanol–water partition coefficient (Wildman–Crippen LogP) is 3.06. The number of aromatic nitrogens is 2. The van der Waals surface area contributed by atoms with Crippen LogP contribution in [0.2, 0.25) is 0 Å². The summed E-state index contributed by atoms with van der Waals surface area (Å²) in [5.41, 5.74) is 3.21. The Hall–Kier alpha value is -2.04. The van der Waals surface area contributed by atoms with Crippen molar-refractivity contribution in [1.82, 2.24) is 15.3 Å². The Morgan fingerprint density at radius 2 is 2.09 bits per heavy atom. The van der Waals surface area contributed by atoms with Crippen LogP contribution in [0, 0.1) is 5.92 Å². The van der Waals surface area contributed by atoms with Gasteiger partial charge in [-0.1, -0.05) is 32.1 Å². The van der Waals surface area contributed by atoms with E-state index < -0.39 is 0 Å². The van der Waals surface area contributed by atoms with Crippen molar-refractivity contribution in [3.63, 3.8) is 0 Å². The molecule has 5 heteroatoms. The molecule has 0 amide bonds. The first-order chi connectivity index (χ1) is 10.9. The van der Waals surface area contributed by atoms with Crippen LogP contribution in [0.15, 0.2) is 23.2 Å². The van der Waals surface area contributed by atoms with Crippen LogP contribution in [0.4, 0.5) is 5.69 Å². The fraction of sp³-hybridized carbons (Fsp3) is 0.529. The van der Waals surface area contributed by atoms with Crippen molar-refractivity contribution in [2.45, 2.75) is 38.5 Å². The molecule has 1 aliphatic carbocycles. The van der Waals surface area contributed by atoms with Crippen LogP contribution in [0.1, 0.15) is 37.9 Å². The van der Waals surface area contributed by atoms with E-state index in [2.05, 4.69) is 38.8 Å². The molecule has 1 aromatic heterocycles. The average Bonchev–Trinajstić information content (AvgIpc) is 3.17. The number of nitrogens with one attached hydrogen (secondary N) is 3. The normalized spacial score (nSPS) is 19.2. The van der Waals surface area contributed by atoms with Crippen LogP contribution < -0.4 is 10.6 Å². The van der Waals surface area contributed by atoms with E-state index in [9.17, 15) is 0 Å². The molecule has 4 rings (SSSR count). The maximum absolute atomic E-state index is 4.75. The summed E-state index contributed by atoms with van der Waals surface area (Å²) in [6.45, 7) is 1.76. The Bertz CT molecular complexity index is 681. The highest BCUT2D eigenvalue weighted by Gasteiger charge is 2.16. The number of benzene rings is 1. The molecule has 1 fully saturated rings. The lowest BCUT2D eigenvalue weighted by Gasteiger charge is -2.20. The van der Waals surface area contributed by atoms with Crippen molar-refractivity contribution in [3.8, 4) is 0 Å². The number of anilines is 1. The van der Waals surface area contributed by atoms with Gasteiger partial charge in [0, 0.05) is 18.7 Å². The van der Waals surface area contributed by atoms with E-state index in [4.69, 9.17) is 4.98 Å². The molecule has 2 aliphatic rings. The number of nitrogens with zero attached hydrogens (tertiary/aromatic N) is 2. The maximum atomic E-state index is 4.75. The molecule has 2 aromatic rings. The predicted molar refractivity (Wildman–Crippen MR) is 90.3 cm³/mol. The van der Waals surface area contributed by atoms with Gasteiger partial charge in [0.25, 0.3) is 0 Å². The molecule has 22 heavy (non-hydrogen) atoms. The minimum atomic E-state index is 0.809. The van der Waals surface area contributed by atoms with E-state index in [0.29, 0.717) is 0 Å². The van der Waals surface area contributed by atoms with Gasteiger partial charge in [-0.2, -0.15) is 0 Å². The smallest absolute Gasteiger partial charge is 0.195 e. The molecule has 0 unspecified atom stereocenters. The summed E-state index contributed by atoms with van der Waals surface area (Å²) < 4.78 is 0. The molecule has 0 radical (unpaired) electrons. The highest BCUT2D eigenvalue weighted by molar-refractivity contribution is 5.96. The lowest BCUT2D eigenvalue weighted by Crippen LogP contribution is -2.26. The van der Waals surface area contributed by atoms with Crippen molar-refractivity contribution in [1.29, 1.82) is 0 Å². The van der Waals surface area contributed by atoms with Gasteiger partial charge in [-0.15, -0.1) is 0 Å². The monoisotopic (exact) mass is 297 g/mol. The number of rotatable bonds is 3. The third kappa shape index (κ3) is 2.93. The van der Waals surface area contributed by atoms with Gasteiger partial charge in [-0.05, 0) is 24.1 Å². The van der Waals surface area contributed by atoms with E-state index >= 15 is 0 Å². The second-order valence-electron chi connectivity index (χ2n) is 6.41. The lowest BCUT2D eigenvalue weighted by molar-refractivity contribution is 0.352. The van der Waals surface area contributed by atoms with Crippen LogP contribution in [0.3, 0.4) is 0 Å². The number of imidazole rings is 1. The second-order valence-corrected chi connectivity index (χ2v) is 6.41. The third-order valence-electron chi connectivity index (χ3n) is 4.67. The summed E-state index contributed by atoms with van der Waals surface area (Å²) in [6.07, 6.45) is 7.97. The molecule has 2 heterocycles. The fourth-order valence-electron chi connectivity index (χ4n) is 3.52. The highest BCUT2D eigenvalue weighted by atomic mass is 15.2. The van der Waals surface area contributed by atoms with Crippen LogP contribution in [0.5, 0.6) is 0 Å². The zero-order valence-electron chi connectivity index (χ0n) is 12.9. The van der Waals surface area contributed by atoms with Gasteiger partial charge in [-0.3, -0.25) is 4.99 Å². The molecule has 0 saturated heterocycles. The standard InChI is InChI=1S/C17H23N5/c1-2-4-12(5-3-1)10-16-21-14-7-6-13(11-15(14)22-16)20-17-18-8-9-19-17/h6-7,11-12H,1-5,8-10H2,(H,21,22)(H2,18,19,20). The van der Waals surface area contributed by atoms with Crippen molar-refractivity contribution in [2.75, 3.05) is 18.4 Å². The van der Waals surface area contributed by atoms with Crippen LogP contribution in [-0.4, -0.2) is 29.0 Å². The van der Waals surface area contributed by atoms with Crippen LogP contribution in [-0.2, 0) is 6.42 Å². The number of hydrogen-bond acceptors (Lipinski definition) is 4. The first-order valence-electron chi connectivity index (χ1n) is 8.41. The molecule has 0 atom stereocenters. The van der Waals surface area contributed by atoms with E-state index in [1.165, 1.54) is 32.1 Å². The van der Waals surface area contributed by atoms with Gasteiger partial charge in [-0.25, -0.2) is 4.98 Å². The number of hydrogen-bond donors (Lipinski definition) is 3. The van der Waals surface area contributed by atoms with Crippen molar-refractivity contribution >= 4 is 22.7 Å². The summed E-state index contributed by atoms with van der Waals surface area (Å²) in [5.74, 6) is 2.81. The van der Waals surface area contributed by atoms with E-state index in [0.717, 1.165) is 53.9 Å². The number of H-pyrrole nitrogens is 1. The minimum absolute atomic E-state index is 0.809. The molecule has 1 saturated carbocycles. The SMILES string of the molecule is c1cc2nc(CC3CCCCC3)[nH]c2cc1NC1=NCCN1. The Balaban J connectivity index is 1.50. The third-order valence-corrected chi connectivity index (χ3v) is 4.67. The molecule has 1 aromatic carbocycles. The molecule has 0 spiro atoms. The molecule has 5 nitrogen and oxygen atoms in total. The maximum Gasteiger partial charge on any atom is 0.195 e. The summed E-state index contributed by atoms with van der Waals surface area (Å²) in [5, 5.41) is 6.54. The Morgan fingerprint density at radius 3 is 2.91 bits per heavy atom. The summed E-state index contributed by atoms with van der Waals surface area (Å²) >= 11 is 0. The lowest BCUT2D eigenvalue weighted by atomic mass is 9.87. The Morgan fingerprint density at radius 1 is 1.18 bits per heavy atom. The summed E-state index contributed by atoms with van der Waals surface area (Å²) in [4.78, 5) is 12.6. The largest absolute Gasteiger partial charge is 0.354 e. The number of aliphatic imine (C=N–C) groups is 1. The molecule has 3 N–H and O–H groups in total. The molecule has 116 valence electrons. The fourth-order valence-corrected chi connectivity index (χ4v) is 3.52. The van der Waals surface area contributed by atoms with Gasteiger partial charge in [0.15, 0.2) is 5.96 Å². The topological polar surface area (TPSA) is 65.1 Å². The minimum Gasteiger partial charge on any atom is -0.354 e. The van der Waals surface area contributed by atoms with Gasteiger partial charge >= 0.3 is 0 Å². The van der Waals surface area contributed by atoms with E-state index in [1.807, 2.05) is 0 Å². The Labute approximate surface area is 130 Å². The van der Waals surface area contributed by atoms with Gasteiger partial charge in [0.1, 0.15) is 5.82 Å². The number of fused-ring (bicyclic) bond motifs is 1. The van der Waals surface area contributed by atoms with Gasteiger partial charge in [0.05, 0.1) is 17.6 Å². The van der Waals surface area contributed by atoms with Crippen LogP contribution >= 0.6 is 0 Å².